The van der Waals surface area contributed by atoms with Gasteiger partial charge in [-0.15, -0.1) is 0 Å². The Labute approximate surface area is 143 Å². The van der Waals surface area contributed by atoms with Gasteiger partial charge in [-0.3, -0.25) is 9.69 Å². The van der Waals surface area contributed by atoms with E-state index in [0.29, 0.717) is 28.7 Å². The molecule has 0 bridgehead atoms. The SMILES string of the molecule is CC(C(N)=S)N1CCN(C(=O)c2cc(Cl)ccc2Br)CC1. The predicted octanol–water partition coefficient (Wildman–Crippen LogP) is 2.53. The normalized spacial score (nSPS) is 17.6. The fourth-order valence-electron chi connectivity index (χ4n) is 2.32. The zero-order valence-electron chi connectivity index (χ0n) is 11.7. The molecule has 0 aromatic heterocycles. The summed E-state index contributed by atoms with van der Waals surface area (Å²) >= 11 is 14.4. The van der Waals surface area contributed by atoms with Gasteiger partial charge >= 0.3 is 0 Å². The van der Waals surface area contributed by atoms with Crippen LogP contribution in [0.25, 0.3) is 0 Å². The lowest BCUT2D eigenvalue weighted by atomic mass is 10.1. The second-order valence-electron chi connectivity index (χ2n) is 5.03. The second kappa shape index (κ2) is 7.05. The van der Waals surface area contributed by atoms with Crippen LogP contribution in [0.3, 0.4) is 0 Å². The maximum absolute atomic E-state index is 12.6. The van der Waals surface area contributed by atoms with Gasteiger partial charge in [0.15, 0.2) is 0 Å². The van der Waals surface area contributed by atoms with Crippen LogP contribution < -0.4 is 5.73 Å². The van der Waals surface area contributed by atoms with Gasteiger partial charge < -0.3 is 10.6 Å². The van der Waals surface area contributed by atoms with Crippen molar-refractivity contribution in [1.82, 2.24) is 9.80 Å². The molecule has 4 nitrogen and oxygen atoms in total. The molecule has 0 saturated carbocycles. The zero-order chi connectivity index (χ0) is 15.6. The minimum Gasteiger partial charge on any atom is -0.392 e. The van der Waals surface area contributed by atoms with Gasteiger partial charge in [-0.1, -0.05) is 23.8 Å². The van der Waals surface area contributed by atoms with Gasteiger partial charge in [0, 0.05) is 35.7 Å². The van der Waals surface area contributed by atoms with Crippen molar-refractivity contribution in [1.29, 1.82) is 0 Å². The third-order valence-corrected chi connectivity index (χ3v) is 4.99. The number of hydrogen-bond acceptors (Lipinski definition) is 3. The molecule has 2 N–H and O–H groups in total. The molecule has 0 spiro atoms. The first-order chi connectivity index (χ1) is 9.90. The summed E-state index contributed by atoms with van der Waals surface area (Å²) < 4.78 is 0.760. The molecule has 1 aliphatic rings. The standard InChI is InChI=1S/C14H17BrClN3OS/c1-9(13(17)21)18-4-6-19(7-5-18)14(20)11-8-10(16)2-3-12(11)15/h2-3,8-9H,4-7H2,1H3,(H2,17,21). The van der Waals surface area contributed by atoms with Gasteiger partial charge in [0.2, 0.25) is 0 Å². The van der Waals surface area contributed by atoms with Crippen molar-refractivity contribution in [2.24, 2.45) is 5.73 Å². The van der Waals surface area contributed by atoms with E-state index in [1.807, 2.05) is 11.8 Å². The molecule has 1 amide bonds. The lowest BCUT2D eigenvalue weighted by molar-refractivity contribution is 0.0621. The molecule has 1 aromatic rings. The molecule has 7 heteroatoms. The van der Waals surface area contributed by atoms with Crippen LogP contribution in [-0.2, 0) is 0 Å². The van der Waals surface area contributed by atoms with Crippen LogP contribution in [-0.4, -0.2) is 52.9 Å². The quantitative estimate of drug-likeness (QED) is 0.806. The Morgan fingerprint density at radius 1 is 1.38 bits per heavy atom. The number of amides is 1. The van der Waals surface area contributed by atoms with Crippen molar-refractivity contribution in [3.05, 3.63) is 33.3 Å². The summed E-state index contributed by atoms with van der Waals surface area (Å²) in [6.07, 6.45) is 0. The number of benzene rings is 1. The van der Waals surface area contributed by atoms with Crippen molar-refractivity contribution in [3.63, 3.8) is 0 Å². The van der Waals surface area contributed by atoms with E-state index in [2.05, 4.69) is 20.8 Å². The van der Waals surface area contributed by atoms with Gasteiger partial charge in [0.1, 0.15) is 0 Å². The summed E-state index contributed by atoms with van der Waals surface area (Å²) in [7, 11) is 0. The van der Waals surface area contributed by atoms with Gasteiger partial charge in [-0.2, -0.15) is 0 Å². The summed E-state index contributed by atoms with van der Waals surface area (Å²) in [5.74, 6) is -0.00740. The minimum atomic E-state index is -0.00740. The average molecular weight is 391 g/mol. The Bertz CT molecular complexity index is 561. The monoisotopic (exact) mass is 389 g/mol. The molecule has 1 fully saturated rings. The second-order valence-corrected chi connectivity index (χ2v) is 6.79. The summed E-state index contributed by atoms with van der Waals surface area (Å²) in [5, 5.41) is 0.558. The largest absolute Gasteiger partial charge is 0.392 e. The fourth-order valence-corrected chi connectivity index (χ4v) is 3.06. The molecule has 1 atom stereocenters. The third-order valence-electron chi connectivity index (χ3n) is 3.72. The number of carbonyl (C=O) groups excluding carboxylic acids is 1. The van der Waals surface area contributed by atoms with Crippen molar-refractivity contribution in [2.45, 2.75) is 13.0 Å². The first kappa shape index (κ1) is 16.7. The lowest BCUT2D eigenvalue weighted by Gasteiger charge is -2.37. The van der Waals surface area contributed by atoms with E-state index >= 15 is 0 Å². The molecular formula is C14H17BrClN3OS. The molecule has 1 aliphatic heterocycles. The van der Waals surface area contributed by atoms with Crippen molar-refractivity contribution in [3.8, 4) is 0 Å². The maximum Gasteiger partial charge on any atom is 0.255 e. The van der Waals surface area contributed by atoms with E-state index in [4.69, 9.17) is 29.6 Å². The van der Waals surface area contributed by atoms with Crippen molar-refractivity contribution in [2.75, 3.05) is 26.2 Å². The molecule has 114 valence electrons. The van der Waals surface area contributed by atoms with E-state index < -0.39 is 0 Å². The van der Waals surface area contributed by atoms with Crippen LogP contribution in [0.2, 0.25) is 5.02 Å². The van der Waals surface area contributed by atoms with Crippen LogP contribution in [0.5, 0.6) is 0 Å². The summed E-state index contributed by atoms with van der Waals surface area (Å²) in [6, 6.07) is 5.30. The van der Waals surface area contributed by atoms with Crippen LogP contribution in [0.1, 0.15) is 17.3 Å². The highest BCUT2D eigenvalue weighted by Crippen LogP contribution is 2.23. The Morgan fingerprint density at radius 2 is 2.00 bits per heavy atom. The minimum absolute atomic E-state index is 0.00740. The van der Waals surface area contributed by atoms with E-state index in [1.54, 1.807) is 18.2 Å². The zero-order valence-corrected chi connectivity index (χ0v) is 14.8. The van der Waals surface area contributed by atoms with Crippen LogP contribution in [0, 0.1) is 0 Å². The Kier molecular flexibility index (Phi) is 5.60. The number of thiocarbonyl (C=S) groups is 1. The number of piperazine rings is 1. The van der Waals surface area contributed by atoms with Gasteiger partial charge in [0.05, 0.1) is 16.6 Å². The molecule has 1 heterocycles. The molecule has 1 unspecified atom stereocenters. The third kappa shape index (κ3) is 3.94. The van der Waals surface area contributed by atoms with Crippen LogP contribution >= 0.6 is 39.7 Å². The summed E-state index contributed by atoms with van der Waals surface area (Å²) in [4.78, 5) is 17.1. The number of rotatable bonds is 3. The molecule has 0 aliphatic carbocycles. The van der Waals surface area contributed by atoms with E-state index in [-0.39, 0.29) is 11.9 Å². The summed E-state index contributed by atoms with van der Waals surface area (Å²) in [6.45, 7) is 4.84. The fraction of sp³-hybridized carbons (Fsp3) is 0.429. The Balaban J connectivity index is 2.03. The highest BCUT2D eigenvalue weighted by atomic mass is 79.9. The van der Waals surface area contributed by atoms with Crippen molar-refractivity contribution >= 4 is 50.6 Å². The highest BCUT2D eigenvalue weighted by Gasteiger charge is 2.26. The molecule has 2 rings (SSSR count). The lowest BCUT2D eigenvalue weighted by Crippen LogP contribution is -2.54. The molecular weight excluding hydrogens is 374 g/mol. The first-order valence-corrected chi connectivity index (χ1v) is 8.25. The maximum atomic E-state index is 12.6. The number of nitrogens with zero attached hydrogens (tertiary/aromatic N) is 2. The van der Waals surface area contributed by atoms with Crippen molar-refractivity contribution < 1.29 is 4.79 Å². The van der Waals surface area contributed by atoms with Gasteiger partial charge in [-0.05, 0) is 41.1 Å². The predicted molar refractivity (Wildman–Crippen MR) is 92.9 cm³/mol. The van der Waals surface area contributed by atoms with Gasteiger partial charge in [-0.25, -0.2) is 0 Å². The average Bonchev–Trinajstić information content (AvgIpc) is 2.48. The number of nitrogens with two attached hydrogens (primary N) is 1. The molecule has 0 radical (unpaired) electrons. The number of hydrogen-bond donors (Lipinski definition) is 1. The van der Waals surface area contributed by atoms with E-state index in [1.165, 1.54) is 0 Å². The van der Waals surface area contributed by atoms with E-state index in [0.717, 1.165) is 17.6 Å². The Morgan fingerprint density at radius 3 is 2.57 bits per heavy atom. The van der Waals surface area contributed by atoms with Crippen LogP contribution in [0.15, 0.2) is 22.7 Å². The molecule has 1 aromatic carbocycles. The van der Waals surface area contributed by atoms with Gasteiger partial charge in [0.25, 0.3) is 5.91 Å². The smallest absolute Gasteiger partial charge is 0.255 e. The summed E-state index contributed by atoms with van der Waals surface area (Å²) in [5.41, 5.74) is 6.27. The first-order valence-electron chi connectivity index (χ1n) is 6.68. The van der Waals surface area contributed by atoms with E-state index in [9.17, 15) is 4.79 Å². The van der Waals surface area contributed by atoms with Crippen LogP contribution in [0.4, 0.5) is 0 Å². The number of carbonyl (C=O) groups is 1. The number of halogens is 2. The molecule has 21 heavy (non-hydrogen) atoms. The highest BCUT2D eigenvalue weighted by molar-refractivity contribution is 9.10. The Hall–Kier alpha value is -0.690. The topological polar surface area (TPSA) is 49.6 Å². The molecule has 1 saturated heterocycles.